The fourth-order valence-electron chi connectivity index (χ4n) is 2.53. The van der Waals surface area contributed by atoms with E-state index in [1.165, 1.54) is 0 Å². The molecule has 0 aliphatic carbocycles. The molecule has 28 heavy (non-hydrogen) atoms. The maximum atomic E-state index is 12.6. The summed E-state index contributed by atoms with van der Waals surface area (Å²) in [6.45, 7) is 16.9. The highest BCUT2D eigenvalue weighted by molar-refractivity contribution is 9.08. The molecule has 0 aliphatic heterocycles. The van der Waals surface area contributed by atoms with Crippen molar-refractivity contribution in [3.05, 3.63) is 23.5 Å². The molecular formula is C21H31BrO5Si. The van der Waals surface area contributed by atoms with Gasteiger partial charge < -0.3 is 18.3 Å². The van der Waals surface area contributed by atoms with Crippen LogP contribution in [0.3, 0.4) is 0 Å². The molecule has 156 valence electrons. The first-order chi connectivity index (χ1) is 12.9. The van der Waals surface area contributed by atoms with Crippen LogP contribution in [0, 0.1) is 0 Å². The Hall–Kier alpha value is -1.47. The standard InChI is InChI=1S/C21H31BrO5Si/c1-9-24-20(23)19-14-10-17(27-28(7,8)21(4,5)6)16(25-13(2)3)11-15(14)26-18(19)12-22/h10-11,13H,9,12H2,1-8H3. The van der Waals surface area contributed by atoms with Gasteiger partial charge in [0.15, 0.2) is 5.75 Å². The van der Waals surface area contributed by atoms with E-state index in [-0.39, 0.29) is 11.1 Å². The van der Waals surface area contributed by atoms with Crippen LogP contribution in [0.15, 0.2) is 16.5 Å². The molecule has 2 aromatic rings. The predicted octanol–water partition coefficient (Wildman–Crippen LogP) is 6.68. The normalized spacial score (nSPS) is 12.5. The molecule has 5 nitrogen and oxygen atoms in total. The first-order valence-corrected chi connectivity index (χ1v) is 13.6. The SMILES string of the molecule is CCOC(=O)c1c(CBr)oc2cc(OC(C)C)c(O[Si](C)(C)C(C)(C)C)cc12. The van der Waals surface area contributed by atoms with Crippen LogP contribution in [0.2, 0.25) is 18.1 Å². The number of benzene rings is 1. The van der Waals surface area contributed by atoms with Crippen molar-refractivity contribution in [2.45, 2.75) is 71.1 Å². The number of hydrogen-bond acceptors (Lipinski definition) is 5. The molecule has 7 heteroatoms. The van der Waals surface area contributed by atoms with Crippen molar-refractivity contribution < 1.29 is 23.1 Å². The summed E-state index contributed by atoms with van der Waals surface area (Å²) in [7, 11) is -2.11. The number of alkyl halides is 1. The van der Waals surface area contributed by atoms with E-state index in [9.17, 15) is 4.79 Å². The van der Waals surface area contributed by atoms with E-state index in [0.29, 0.717) is 45.7 Å². The molecule has 0 radical (unpaired) electrons. The Balaban J connectivity index is 2.68. The number of fused-ring (bicyclic) bond motifs is 1. The topological polar surface area (TPSA) is 57.9 Å². The molecule has 0 spiro atoms. The van der Waals surface area contributed by atoms with Gasteiger partial charge in [-0.15, -0.1) is 0 Å². The molecule has 0 N–H and O–H groups in total. The third kappa shape index (κ3) is 4.74. The summed E-state index contributed by atoms with van der Waals surface area (Å²) in [5.74, 6) is 1.40. The summed E-state index contributed by atoms with van der Waals surface area (Å²) in [6.07, 6.45) is -0.0191. The van der Waals surface area contributed by atoms with E-state index >= 15 is 0 Å². The zero-order chi connectivity index (χ0) is 21.3. The van der Waals surface area contributed by atoms with Crippen LogP contribution in [0.5, 0.6) is 11.5 Å². The van der Waals surface area contributed by atoms with Crippen molar-refractivity contribution in [1.82, 2.24) is 0 Å². The van der Waals surface area contributed by atoms with Gasteiger partial charge in [-0.2, -0.15) is 0 Å². The Kier molecular flexibility index (Phi) is 6.92. The van der Waals surface area contributed by atoms with Gasteiger partial charge in [0.05, 0.1) is 18.0 Å². The lowest BCUT2D eigenvalue weighted by Gasteiger charge is -2.37. The van der Waals surface area contributed by atoms with E-state index in [0.717, 1.165) is 0 Å². The van der Waals surface area contributed by atoms with Crippen LogP contribution in [0.1, 0.15) is 57.7 Å². The van der Waals surface area contributed by atoms with Crippen LogP contribution in [0.25, 0.3) is 11.0 Å². The van der Waals surface area contributed by atoms with Gasteiger partial charge in [0.1, 0.15) is 22.7 Å². The summed E-state index contributed by atoms with van der Waals surface area (Å²) >= 11 is 3.40. The highest BCUT2D eigenvalue weighted by Gasteiger charge is 2.40. The second-order valence-electron chi connectivity index (χ2n) is 8.58. The molecular weight excluding hydrogens is 440 g/mol. The van der Waals surface area contributed by atoms with E-state index in [1.807, 2.05) is 26.0 Å². The first kappa shape index (κ1) is 22.8. The fraction of sp³-hybridized carbons (Fsp3) is 0.571. The van der Waals surface area contributed by atoms with Gasteiger partial charge in [-0.1, -0.05) is 36.7 Å². The molecule has 0 amide bonds. The summed E-state index contributed by atoms with van der Waals surface area (Å²) in [5, 5.41) is 1.12. The zero-order valence-corrected chi connectivity index (χ0v) is 20.7. The summed E-state index contributed by atoms with van der Waals surface area (Å²) in [6, 6.07) is 3.67. The number of hydrogen-bond donors (Lipinski definition) is 0. The minimum absolute atomic E-state index is 0.0191. The maximum absolute atomic E-state index is 12.6. The average Bonchev–Trinajstić information content (AvgIpc) is 2.91. The molecule has 1 heterocycles. The first-order valence-electron chi connectivity index (χ1n) is 9.59. The number of ether oxygens (including phenoxy) is 2. The van der Waals surface area contributed by atoms with E-state index in [4.69, 9.17) is 18.3 Å². The van der Waals surface area contributed by atoms with Crippen LogP contribution in [0.4, 0.5) is 0 Å². The van der Waals surface area contributed by atoms with E-state index < -0.39 is 14.3 Å². The second kappa shape index (κ2) is 8.49. The van der Waals surface area contributed by atoms with Crippen LogP contribution in [-0.2, 0) is 10.1 Å². The number of halogens is 1. The Morgan fingerprint density at radius 3 is 2.36 bits per heavy atom. The third-order valence-corrected chi connectivity index (χ3v) is 9.81. The van der Waals surface area contributed by atoms with E-state index in [1.54, 1.807) is 6.92 Å². The lowest BCUT2D eigenvalue weighted by molar-refractivity contribution is 0.0526. The van der Waals surface area contributed by atoms with Crippen molar-refractivity contribution in [2.75, 3.05) is 6.61 Å². The van der Waals surface area contributed by atoms with Crippen molar-refractivity contribution in [2.24, 2.45) is 0 Å². The van der Waals surface area contributed by atoms with Crippen LogP contribution in [-0.4, -0.2) is 27.0 Å². The Morgan fingerprint density at radius 2 is 1.86 bits per heavy atom. The molecule has 0 fully saturated rings. The molecule has 2 rings (SSSR count). The Bertz CT molecular complexity index is 849. The lowest BCUT2D eigenvalue weighted by Crippen LogP contribution is -2.44. The van der Waals surface area contributed by atoms with Crippen molar-refractivity contribution in [3.63, 3.8) is 0 Å². The zero-order valence-electron chi connectivity index (χ0n) is 18.1. The number of rotatable bonds is 7. The number of furan rings is 1. The van der Waals surface area contributed by atoms with Gasteiger partial charge in [-0.25, -0.2) is 4.79 Å². The molecule has 0 unspecified atom stereocenters. The van der Waals surface area contributed by atoms with Crippen molar-refractivity contribution >= 4 is 41.2 Å². The van der Waals surface area contributed by atoms with Gasteiger partial charge >= 0.3 is 5.97 Å². The number of carbonyl (C=O) groups excluding carboxylic acids is 1. The molecule has 0 atom stereocenters. The van der Waals surface area contributed by atoms with E-state index in [2.05, 4.69) is 49.8 Å². The van der Waals surface area contributed by atoms with Crippen molar-refractivity contribution in [3.8, 4) is 11.5 Å². The maximum Gasteiger partial charge on any atom is 0.342 e. The highest BCUT2D eigenvalue weighted by Crippen LogP contribution is 2.43. The molecule has 0 saturated heterocycles. The third-order valence-electron chi connectivity index (χ3n) is 4.96. The number of esters is 1. The fourth-order valence-corrected chi connectivity index (χ4v) is 3.94. The summed E-state index contributed by atoms with van der Waals surface area (Å²) in [5.41, 5.74) is 1.01. The molecule has 0 saturated carbocycles. The minimum Gasteiger partial charge on any atom is -0.541 e. The average molecular weight is 471 g/mol. The molecule has 1 aromatic heterocycles. The van der Waals surface area contributed by atoms with Gasteiger partial charge in [0, 0.05) is 11.5 Å². The minimum atomic E-state index is -2.11. The smallest absolute Gasteiger partial charge is 0.342 e. The van der Waals surface area contributed by atoms with Gasteiger partial charge in [-0.3, -0.25) is 0 Å². The van der Waals surface area contributed by atoms with Gasteiger partial charge in [0.2, 0.25) is 0 Å². The molecule has 1 aromatic carbocycles. The van der Waals surface area contributed by atoms with Gasteiger partial charge in [0.25, 0.3) is 8.32 Å². The Labute approximate surface area is 177 Å². The van der Waals surface area contributed by atoms with Gasteiger partial charge in [-0.05, 0) is 45.0 Å². The predicted molar refractivity (Wildman–Crippen MR) is 118 cm³/mol. The highest BCUT2D eigenvalue weighted by atomic mass is 79.9. The summed E-state index contributed by atoms with van der Waals surface area (Å²) < 4.78 is 23.7. The summed E-state index contributed by atoms with van der Waals surface area (Å²) in [4.78, 5) is 12.6. The van der Waals surface area contributed by atoms with Crippen LogP contribution < -0.4 is 9.16 Å². The molecule has 0 aliphatic rings. The van der Waals surface area contributed by atoms with Crippen LogP contribution >= 0.6 is 15.9 Å². The number of carbonyl (C=O) groups is 1. The second-order valence-corrected chi connectivity index (χ2v) is 13.9. The lowest BCUT2D eigenvalue weighted by atomic mass is 10.1. The molecule has 0 bridgehead atoms. The Morgan fingerprint density at radius 1 is 1.21 bits per heavy atom. The quantitative estimate of drug-likeness (QED) is 0.256. The largest absolute Gasteiger partial charge is 0.541 e. The van der Waals surface area contributed by atoms with Crippen molar-refractivity contribution in [1.29, 1.82) is 0 Å². The monoisotopic (exact) mass is 470 g/mol.